The molecule has 0 radical (unpaired) electrons. The summed E-state index contributed by atoms with van der Waals surface area (Å²) in [5.74, 6) is 0. The molecule has 0 aromatic carbocycles. The number of halogens is 6. The second-order valence-corrected chi connectivity index (χ2v) is 3.72. The molecule has 0 aliphatic heterocycles. The minimum Gasteiger partial charge on any atom is -0.171 e. The van der Waals surface area contributed by atoms with E-state index in [2.05, 4.69) is 12.6 Å². The fourth-order valence-corrected chi connectivity index (χ4v) is 1.52. The van der Waals surface area contributed by atoms with Gasteiger partial charge in [0.25, 0.3) is 0 Å². The van der Waals surface area contributed by atoms with Crippen LogP contribution in [0.25, 0.3) is 0 Å². The van der Waals surface area contributed by atoms with Crippen molar-refractivity contribution in [3.05, 3.63) is 23.3 Å². The fourth-order valence-electron chi connectivity index (χ4n) is 1.16. The molecule has 1 atom stereocenters. The van der Waals surface area contributed by atoms with Gasteiger partial charge in [-0.1, -0.05) is 6.08 Å². The van der Waals surface area contributed by atoms with Crippen molar-refractivity contribution >= 4 is 12.6 Å². The van der Waals surface area contributed by atoms with Crippen LogP contribution in [0.2, 0.25) is 0 Å². The molecule has 0 nitrogen and oxygen atoms in total. The molecular weight excluding hydrogens is 242 g/mol. The van der Waals surface area contributed by atoms with Gasteiger partial charge in [0.05, 0.1) is 5.57 Å². The summed E-state index contributed by atoms with van der Waals surface area (Å²) in [5.41, 5.74) is -2.49. The molecule has 1 rings (SSSR count). The van der Waals surface area contributed by atoms with Gasteiger partial charge in [0.2, 0.25) is 0 Å². The Bertz CT molecular complexity index is 308. The SMILES string of the molecule is FC(F)(F)C1=CC(S)CC(C(F)(F)F)=C1. The second kappa shape index (κ2) is 3.77. The van der Waals surface area contributed by atoms with Gasteiger partial charge in [-0.2, -0.15) is 39.0 Å². The molecular formula is C8H6F6S. The van der Waals surface area contributed by atoms with Crippen LogP contribution >= 0.6 is 12.6 Å². The molecule has 1 aliphatic carbocycles. The van der Waals surface area contributed by atoms with Crippen molar-refractivity contribution in [2.75, 3.05) is 0 Å². The second-order valence-electron chi connectivity index (χ2n) is 3.06. The minimum atomic E-state index is -4.77. The van der Waals surface area contributed by atoms with Crippen LogP contribution in [0.3, 0.4) is 0 Å². The largest absolute Gasteiger partial charge is 0.416 e. The van der Waals surface area contributed by atoms with Crippen LogP contribution in [0.1, 0.15) is 6.42 Å². The van der Waals surface area contributed by atoms with Crippen molar-refractivity contribution in [1.29, 1.82) is 0 Å². The zero-order valence-electron chi connectivity index (χ0n) is 7.15. The molecule has 86 valence electrons. The smallest absolute Gasteiger partial charge is 0.171 e. The Morgan fingerprint density at radius 1 is 1.07 bits per heavy atom. The fraction of sp³-hybridized carbons (Fsp3) is 0.500. The van der Waals surface area contributed by atoms with Crippen molar-refractivity contribution in [3.8, 4) is 0 Å². The number of thiol groups is 1. The third-order valence-corrected chi connectivity index (χ3v) is 2.15. The molecule has 0 bridgehead atoms. The van der Waals surface area contributed by atoms with E-state index in [9.17, 15) is 26.3 Å². The highest BCUT2D eigenvalue weighted by atomic mass is 32.1. The van der Waals surface area contributed by atoms with Crippen molar-refractivity contribution in [2.24, 2.45) is 0 Å². The van der Waals surface area contributed by atoms with Gasteiger partial charge in [-0.05, 0) is 12.5 Å². The molecule has 0 saturated carbocycles. The number of allylic oxidation sites excluding steroid dienone is 3. The Labute approximate surface area is 87.1 Å². The first-order valence-corrected chi connectivity index (χ1v) is 4.37. The summed E-state index contributed by atoms with van der Waals surface area (Å²) < 4.78 is 73.0. The summed E-state index contributed by atoms with van der Waals surface area (Å²) in [6, 6.07) is 0. The minimum absolute atomic E-state index is 0.132. The summed E-state index contributed by atoms with van der Waals surface area (Å²) >= 11 is 3.63. The number of alkyl halides is 6. The van der Waals surface area contributed by atoms with Crippen molar-refractivity contribution < 1.29 is 26.3 Å². The third kappa shape index (κ3) is 3.19. The third-order valence-electron chi connectivity index (χ3n) is 1.82. The van der Waals surface area contributed by atoms with Gasteiger partial charge in [-0.3, -0.25) is 0 Å². The topological polar surface area (TPSA) is 0 Å². The molecule has 0 N–H and O–H groups in total. The highest BCUT2D eigenvalue weighted by Gasteiger charge is 2.41. The van der Waals surface area contributed by atoms with E-state index in [0.29, 0.717) is 6.08 Å². The molecule has 0 saturated heterocycles. The molecule has 7 heteroatoms. The standard InChI is InChI=1S/C8H6F6S/c9-7(10,11)4-1-5(8(12,13)14)3-6(15)2-4/h1-2,6,15H,3H2. The van der Waals surface area contributed by atoms with Crippen LogP contribution in [-0.4, -0.2) is 17.6 Å². The van der Waals surface area contributed by atoms with Gasteiger partial charge >= 0.3 is 12.4 Å². The van der Waals surface area contributed by atoms with E-state index in [1.165, 1.54) is 0 Å². The van der Waals surface area contributed by atoms with Crippen LogP contribution < -0.4 is 0 Å². The van der Waals surface area contributed by atoms with E-state index in [1.807, 2.05) is 0 Å². The van der Waals surface area contributed by atoms with E-state index in [4.69, 9.17) is 0 Å². The average Bonchev–Trinajstić information content (AvgIpc) is 1.99. The number of rotatable bonds is 0. The van der Waals surface area contributed by atoms with E-state index >= 15 is 0 Å². The Morgan fingerprint density at radius 2 is 1.60 bits per heavy atom. The summed E-state index contributed by atoms with van der Waals surface area (Å²) in [4.78, 5) is 0. The van der Waals surface area contributed by atoms with Crippen molar-refractivity contribution in [2.45, 2.75) is 24.0 Å². The predicted octanol–water partition coefficient (Wildman–Crippen LogP) is 3.67. The van der Waals surface area contributed by atoms with E-state index in [1.54, 1.807) is 0 Å². The van der Waals surface area contributed by atoms with Crippen LogP contribution in [0, 0.1) is 0 Å². The quantitative estimate of drug-likeness (QED) is 0.490. The molecule has 0 amide bonds. The van der Waals surface area contributed by atoms with Gasteiger partial charge in [-0.25, -0.2) is 0 Å². The monoisotopic (exact) mass is 248 g/mol. The Kier molecular flexibility index (Phi) is 3.14. The first-order valence-electron chi connectivity index (χ1n) is 3.85. The zero-order valence-corrected chi connectivity index (χ0v) is 8.05. The van der Waals surface area contributed by atoms with Gasteiger partial charge in [0.1, 0.15) is 0 Å². The highest BCUT2D eigenvalue weighted by Crippen LogP contribution is 2.38. The van der Waals surface area contributed by atoms with Crippen LogP contribution in [-0.2, 0) is 0 Å². The van der Waals surface area contributed by atoms with Crippen LogP contribution in [0.5, 0.6) is 0 Å². The van der Waals surface area contributed by atoms with Crippen molar-refractivity contribution in [3.63, 3.8) is 0 Å². The Balaban J connectivity index is 3.06. The lowest BCUT2D eigenvalue weighted by Gasteiger charge is -2.21. The maximum atomic E-state index is 12.2. The Hall–Kier alpha value is -0.590. The number of hydrogen-bond donors (Lipinski definition) is 1. The summed E-state index contributed by atoms with van der Waals surface area (Å²) in [6.45, 7) is 0. The van der Waals surface area contributed by atoms with Crippen LogP contribution in [0.15, 0.2) is 23.3 Å². The molecule has 1 unspecified atom stereocenters. The molecule has 0 fully saturated rings. The highest BCUT2D eigenvalue weighted by molar-refractivity contribution is 7.81. The number of hydrogen-bond acceptors (Lipinski definition) is 1. The van der Waals surface area contributed by atoms with E-state index < -0.39 is 35.2 Å². The molecule has 0 heterocycles. The zero-order chi connectivity index (χ0) is 11.9. The summed E-state index contributed by atoms with van der Waals surface area (Å²) in [6.07, 6.45) is -9.22. The van der Waals surface area contributed by atoms with Gasteiger partial charge in [0.15, 0.2) is 0 Å². The molecule has 0 aromatic rings. The molecule has 15 heavy (non-hydrogen) atoms. The summed E-state index contributed by atoms with van der Waals surface area (Å²) in [7, 11) is 0. The average molecular weight is 248 g/mol. The Morgan fingerprint density at radius 3 is 2.00 bits per heavy atom. The first-order chi connectivity index (χ1) is 6.60. The van der Waals surface area contributed by atoms with E-state index in [-0.39, 0.29) is 6.08 Å². The van der Waals surface area contributed by atoms with Gasteiger partial charge < -0.3 is 0 Å². The maximum absolute atomic E-state index is 12.2. The van der Waals surface area contributed by atoms with Crippen molar-refractivity contribution in [1.82, 2.24) is 0 Å². The first kappa shape index (κ1) is 12.5. The van der Waals surface area contributed by atoms with Crippen LogP contribution in [0.4, 0.5) is 26.3 Å². The van der Waals surface area contributed by atoms with E-state index in [0.717, 1.165) is 0 Å². The molecule has 1 aliphatic rings. The predicted molar refractivity (Wildman–Crippen MR) is 45.7 cm³/mol. The lowest BCUT2D eigenvalue weighted by Crippen LogP contribution is -2.22. The summed E-state index contributed by atoms with van der Waals surface area (Å²) in [5, 5.41) is -1.05. The van der Waals surface area contributed by atoms with Gasteiger partial charge in [-0.15, -0.1) is 0 Å². The molecule has 0 spiro atoms. The maximum Gasteiger partial charge on any atom is 0.416 e. The lowest BCUT2D eigenvalue weighted by molar-refractivity contribution is -0.0985. The normalized spacial score (nSPS) is 23.5. The van der Waals surface area contributed by atoms with Gasteiger partial charge in [0, 0.05) is 10.8 Å². The lowest BCUT2D eigenvalue weighted by atomic mass is 9.98. The molecule has 0 aromatic heterocycles.